The van der Waals surface area contributed by atoms with Gasteiger partial charge in [-0.1, -0.05) is 35.3 Å². The maximum Gasteiger partial charge on any atom is 0.135 e. The second kappa shape index (κ2) is 7.31. The molecule has 0 fully saturated rings. The van der Waals surface area contributed by atoms with Crippen LogP contribution >= 0.6 is 23.2 Å². The molecule has 0 atom stereocenters. The highest BCUT2D eigenvalue weighted by molar-refractivity contribution is 6.30. The normalized spacial score (nSPS) is 10.3. The molecule has 0 spiro atoms. The summed E-state index contributed by atoms with van der Waals surface area (Å²) in [4.78, 5) is 8.43. The van der Waals surface area contributed by atoms with Crippen molar-refractivity contribution < 1.29 is 0 Å². The molecule has 0 amide bonds. The molecule has 0 bridgehead atoms. The summed E-state index contributed by atoms with van der Waals surface area (Å²) in [6.45, 7) is 0.661. The molecule has 6 heteroatoms. The summed E-state index contributed by atoms with van der Waals surface area (Å²) in [6, 6.07) is 17.0. The number of halogens is 2. The molecule has 23 heavy (non-hydrogen) atoms. The SMILES string of the molecule is Clc1ccc(CNc2cc(Nc3ccc(Cl)cc3)ncn2)cc1. The van der Waals surface area contributed by atoms with Gasteiger partial charge in [0.15, 0.2) is 0 Å². The Bertz CT molecular complexity index is 773. The lowest BCUT2D eigenvalue weighted by molar-refractivity contribution is 1.08. The highest BCUT2D eigenvalue weighted by atomic mass is 35.5. The van der Waals surface area contributed by atoms with Crippen molar-refractivity contribution in [2.45, 2.75) is 6.54 Å². The number of hydrogen-bond acceptors (Lipinski definition) is 4. The Morgan fingerprint density at radius 1 is 0.783 bits per heavy atom. The molecule has 1 aromatic heterocycles. The average Bonchev–Trinajstić information content (AvgIpc) is 2.57. The van der Waals surface area contributed by atoms with E-state index in [4.69, 9.17) is 23.2 Å². The summed E-state index contributed by atoms with van der Waals surface area (Å²) in [6.07, 6.45) is 1.52. The molecule has 0 aliphatic rings. The highest BCUT2D eigenvalue weighted by Crippen LogP contribution is 2.19. The van der Waals surface area contributed by atoms with Crippen LogP contribution in [0.3, 0.4) is 0 Å². The van der Waals surface area contributed by atoms with E-state index in [1.807, 2.05) is 54.6 Å². The molecule has 3 rings (SSSR count). The van der Waals surface area contributed by atoms with E-state index in [1.165, 1.54) is 6.33 Å². The predicted molar refractivity (Wildman–Crippen MR) is 95.5 cm³/mol. The number of hydrogen-bond donors (Lipinski definition) is 2. The van der Waals surface area contributed by atoms with Crippen LogP contribution in [0.15, 0.2) is 60.9 Å². The van der Waals surface area contributed by atoms with Crippen LogP contribution in [0.2, 0.25) is 10.0 Å². The van der Waals surface area contributed by atoms with Gasteiger partial charge in [-0.15, -0.1) is 0 Å². The summed E-state index contributed by atoms with van der Waals surface area (Å²) < 4.78 is 0. The van der Waals surface area contributed by atoms with E-state index < -0.39 is 0 Å². The van der Waals surface area contributed by atoms with Crippen molar-refractivity contribution in [2.24, 2.45) is 0 Å². The molecule has 4 nitrogen and oxygen atoms in total. The molecule has 2 N–H and O–H groups in total. The zero-order chi connectivity index (χ0) is 16.1. The third-order valence-corrected chi connectivity index (χ3v) is 3.67. The Hall–Kier alpha value is -2.30. The van der Waals surface area contributed by atoms with Gasteiger partial charge in [0.25, 0.3) is 0 Å². The topological polar surface area (TPSA) is 49.8 Å². The van der Waals surface area contributed by atoms with E-state index in [0.717, 1.165) is 22.1 Å². The lowest BCUT2D eigenvalue weighted by atomic mass is 10.2. The van der Waals surface area contributed by atoms with Gasteiger partial charge in [0.05, 0.1) is 0 Å². The number of aromatic nitrogens is 2. The van der Waals surface area contributed by atoms with Crippen molar-refractivity contribution in [1.82, 2.24) is 9.97 Å². The fourth-order valence-corrected chi connectivity index (χ4v) is 2.25. The summed E-state index contributed by atoms with van der Waals surface area (Å²) >= 11 is 11.8. The molecular formula is C17H14Cl2N4. The van der Waals surface area contributed by atoms with Crippen LogP contribution in [-0.2, 0) is 6.54 Å². The van der Waals surface area contributed by atoms with Gasteiger partial charge in [0, 0.05) is 28.3 Å². The Balaban J connectivity index is 1.65. The largest absolute Gasteiger partial charge is 0.366 e. The van der Waals surface area contributed by atoms with E-state index in [0.29, 0.717) is 17.4 Å². The van der Waals surface area contributed by atoms with Gasteiger partial charge in [-0.2, -0.15) is 0 Å². The van der Waals surface area contributed by atoms with Crippen LogP contribution in [0.5, 0.6) is 0 Å². The molecular weight excluding hydrogens is 331 g/mol. The zero-order valence-electron chi connectivity index (χ0n) is 12.1. The van der Waals surface area contributed by atoms with Gasteiger partial charge in [-0.25, -0.2) is 9.97 Å². The van der Waals surface area contributed by atoms with E-state index in [9.17, 15) is 0 Å². The number of rotatable bonds is 5. The van der Waals surface area contributed by atoms with Crippen LogP contribution in [0.25, 0.3) is 0 Å². The van der Waals surface area contributed by atoms with Crippen LogP contribution in [-0.4, -0.2) is 9.97 Å². The molecule has 2 aromatic carbocycles. The molecule has 0 aliphatic heterocycles. The van der Waals surface area contributed by atoms with E-state index in [2.05, 4.69) is 20.6 Å². The van der Waals surface area contributed by atoms with Crippen molar-refractivity contribution in [1.29, 1.82) is 0 Å². The Morgan fingerprint density at radius 3 is 2.09 bits per heavy atom. The first-order chi connectivity index (χ1) is 11.2. The summed E-state index contributed by atoms with van der Waals surface area (Å²) in [5.74, 6) is 1.45. The fourth-order valence-electron chi connectivity index (χ4n) is 2.00. The number of nitrogens with zero attached hydrogens (tertiary/aromatic N) is 2. The third-order valence-electron chi connectivity index (χ3n) is 3.17. The molecule has 116 valence electrons. The Kier molecular flexibility index (Phi) is 4.95. The maximum absolute atomic E-state index is 5.88. The predicted octanol–water partition coefficient (Wildman–Crippen LogP) is 5.14. The van der Waals surface area contributed by atoms with Crippen molar-refractivity contribution in [3.63, 3.8) is 0 Å². The monoisotopic (exact) mass is 344 g/mol. The summed E-state index contributed by atoms with van der Waals surface area (Å²) in [5, 5.41) is 7.90. The van der Waals surface area contributed by atoms with E-state index >= 15 is 0 Å². The minimum atomic E-state index is 0.661. The van der Waals surface area contributed by atoms with Gasteiger partial charge in [0.1, 0.15) is 18.0 Å². The second-order valence-corrected chi connectivity index (χ2v) is 5.77. The molecule has 0 saturated carbocycles. The second-order valence-electron chi connectivity index (χ2n) is 4.90. The third kappa shape index (κ3) is 4.58. The van der Waals surface area contributed by atoms with Crippen molar-refractivity contribution in [2.75, 3.05) is 10.6 Å². The van der Waals surface area contributed by atoms with Gasteiger partial charge >= 0.3 is 0 Å². The summed E-state index contributed by atoms with van der Waals surface area (Å²) in [5.41, 5.74) is 2.04. The van der Waals surface area contributed by atoms with Gasteiger partial charge < -0.3 is 10.6 Å². The smallest absolute Gasteiger partial charge is 0.135 e. The minimum absolute atomic E-state index is 0.661. The number of nitrogens with one attached hydrogen (secondary N) is 2. The zero-order valence-corrected chi connectivity index (χ0v) is 13.6. The molecule has 0 unspecified atom stereocenters. The number of anilines is 3. The van der Waals surface area contributed by atoms with E-state index in [1.54, 1.807) is 0 Å². The maximum atomic E-state index is 5.88. The van der Waals surface area contributed by atoms with Crippen molar-refractivity contribution >= 4 is 40.5 Å². The summed E-state index contributed by atoms with van der Waals surface area (Å²) in [7, 11) is 0. The Morgan fingerprint density at radius 2 is 1.39 bits per heavy atom. The molecule has 0 saturated heterocycles. The molecule has 0 radical (unpaired) electrons. The molecule has 1 heterocycles. The fraction of sp³-hybridized carbons (Fsp3) is 0.0588. The van der Waals surface area contributed by atoms with Gasteiger partial charge in [0.2, 0.25) is 0 Å². The number of benzene rings is 2. The van der Waals surface area contributed by atoms with Gasteiger partial charge in [-0.05, 0) is 42.0 Å². The van der Waals surface area contributed by atoms with Crippen LogP contribution in [0.4, 0.5) is 17.3 Å². The average molecular weight is 345 g/mol. The van der Waals surface area contributed by atoms with Crippen LogP contribution < -0.4 is 10.6 Å². The van der Waals surface area contributed by atoms with Crippen molar-refractivity contribution in [3.8, 4) is 0 Å². The first-order valence-electron chi connectivity index (χ1n) is 7.02. The first kappa shape index (κ1) is 15.6. The first-order valence-corrected chi connectivity index (χ1v) is 7.77. The lowest BCUT2D eigenvalue weighted by Crippen LogP contribution is -2.03. The van der Waals surface area contributed by atoms with Crippen molar-refractivity contribution in [3.05, 3.63) is 76.5 Å². The van der Waals surface area contributed by atoms with Gasteiger partial charge in [-0.3, -0.25) is 0 Å². The molecule has 0 aliphatic carbocycles. The standard InChI is InChI=1S/C17H14Cl2N4/c18-13-3-1-12(2-4-13)10-20-16-9-17(22-11-21-16)23-15-7-5-14(19)6-8-15/h1-9,11H,10H2,(H2,20,21,22,23). The minimum Gasteiger partial charge on any atom is -0.366 e. The van der Waals surface area contributed by atoms with Crippen LogP contribution in [0, 0.1) is 0 Å². The Labute approximate surface area is 144 Å². The quantitative estimate of drug-likeness (QED) is 0.672. The van der Waals surface area contributed by atoms with E-state index in [-0.39, 0.29) is 0 Å². The highest BCUT2D eigenvalue weighted by Gasteiger charge is 2.00. The van der Waals surface area contributed by atoms with Crippen LogP contribution in [0.1, 0.15) is 5.56 Å². The lowest BCUT2D eigenvalue weighted by Gasteiger charge is -2.09. The molecule has 3 aromatic rings.